The number of amides is 1. The molecule has 0 spiro atoms. The summed E-state index contributed by atoms with van der Waals surface area (Å²) < 4.78 is 11.3. The molecule has 1 fully saturated rings. The summed E-state index contributed by atoms with van der Waals surface area (Å²) in [5, 5.41) is 12.0. The first-order valence-corrected chi connectivity index (χ1v) is 9.77. The molecule has 2 aromatic rings. The van der Waals surface area contributed by atoms with Gasteiger partial charge in [0.2, 0.25) is 0 Å². The molecule has 1 aliphatic rings. The maximum Gasteiger partial charge on any atom is 0.407 e. The van der Waals surface area contributed by atoms with Crippen molar-refractivity contribution in [3.05, 3.63) is 47.8 Å². The first kappa shape index (κ1) is 20.7. The molecule has 0 saturated heterocycles. The number of nitrogens with one attached hydrogen (secondary N) is 1. The molecule has 0 atom stereocenters. The number of nitriles is 1. The first-order chi connectivity index (χ1) is 13.7. The van der Waals surface area contributed by atoms with E-state index in [1.807, 2.05) is 52.0 Å². The summed E-state index contributed by atoms with van der Waals surface area (Å²) in [4.78, 5) is 16.3. The summed E-state index contributed by atoms with van der Waals surface area (Å²) in [6, 6.07) is 11.6. The third kappa shape index (κ3) is 5.71. The van der Waals surface area contributed by atoms with Crippen molar-refractivity contribution in [2.24, 2.45) is 5.41 Å². The van der Waals surface area contributed by atoms with Crippen LogP contribution in [0, 0.1) is 23.7 Å². The molecule has 0 bridgehead atoms. The Hall–Kier alpha value is -3.07. The zero-order valence-electron chi connectivity index (χ0n) is 17.4. The molecular weight excluding hydrogens is 366 g/mol. The van der Waals surface area contributed by atoms with Crippen LogP contribution in [-0.4, -0.2) is 29.8 Å². The van der Waals surface area contributed by atoms with Gasteiger partial charge in [0.1, 0.15) is 11.4 Å². The van der Waals surface area contributed by atoms with Crippen LogP contribution >= 0.6 is 0 Å². The standard InChI is InChI=1S/C23H27N3O3/c1-16-20(18-7-5-6-17(10-18)12-24)11-19(13-25-16)28-15-23(8-9-23)14-26-21(27)29-22(2,3)4/h5-7,10-11,13H,8-9,14-15H2,1-4H3,(H,26,27). The minimum absolute atomic E-state index is 0.0529. The maximum absolute atomic E-state index is 11.9. The molecule has 1 aromatic carbocycles. The zero-order valence-corrected chi connectivity index (χ0v) is 17.4. The minimum Gasteiger partial charge on any atom is -0.491 e. The number of alkyl carbamates (subject to hydrolysis) is 1. The fourth-order valence-electron chi connectivity index (χ4n) is 3.00. The van der Waals surface area contributed by atoms with E-state index in [1.165, 1.54) is 0 Å². The van der Waals surface area contributed by atoms with E-state index in [2.05, 4.69) is 16.4 Å². The quantitative estimate of drug-likeness (QED) is 0.774. The van der Waals surface area contributed by atoms with Crippen molar-refractivity contribution in [3.8, 4) is 22.9 Å². The second-order valence-electron chi connectivity index (χ2n) is 8.64. The van der Waals surface area contributed by atoms with Gasteiger partial charge < -0.3 is 14.8 Å². The lowest BCUT2D eigenvalue weighted by Gasteiger charge is -2.22. The summed E-state index contributed by atoms with van der Waals surface area (Å²) in [6.07, 6.45) is 3.31. The Morgan fingerprint density at radius 2 is 2.07 bits per heavy atom. The number of benzene rings is 1. The van der Waals surface area contributed by atoms with Gasteiger partial charge in [-0.15, -0.1) is 0 Å². The van der Waals surface area contributed by atoms with E-state index in [-0.39, 0.29) is 5.41 Å². The molecule has 6 nitrogen and oxygen atoms in total. The lowest BCUT2D eigenvalue weighted by atomic mass is 10.0. The summed E-state index contributed by atoms with van der Waals surface area (Å²) in [5.74, 6) is 0.677. The SMILES string of the molecule is Cc1ncc(OCC2(CNC(=O)OC(C)(C)C)CC2)cc1-c1cccc(C#N)c1. The van der Waals surface area contributed by atoms with E-state index in [1.54, 1.807) is 12.3 Å². The monoisotopic (exact) mass is 393 g/mol. The molecule has 1 saturated carbocycles. The lowest BCUT2D eigenvalue weighted by Crippen LogP contribution is -2.37. The van der Waals surface area contributed by atoms with Gasteiger partial charge in [-0.3, -0.25) is 4.98 Å². The maximum atomic E-state index is 11.9. The third-order valence-corrected chi connectivity index (χ3v) is 4.87. The zero-order chi connectivity index (χ0) is 21.1. The van der Waals surface area contributed by atoms with E-state index < -0.39 is 11.7 Å². The highest BCUT2D eigenvalue weighted by Gasteiger charge is 2.44. The Morgan fingerprint density at radius 3 is 2.72 bits per heavy atom. The van der Waals surface area contributed by atoms with Crippen LogP contribution in [0.15, 0.2) is 36.5 Å². The van der Waals surface area contributed by atoms with Gasteiger partial charge >= 0.3 is 6.09 Å². The molecule has 152 valence electrons. The van der Waals surface area contributed by atoms with Crippen molar-refractivity contribution >= 4 is 6.09 Å². The van der Waals surface area contributed by atoms with Crippen LogP contribution in [0.2, 0.25) is 0 Å². The predicted octanol–water partition coefficient (Wildman–Crippen LogP) is 4.61. The van der Waals surface area contributed by atoms with E-state index in [0.29, 0.717) is 24.5 Å². The molecule has 1 aromatic heterocycles. The predicted molar refractivity (Wildman–Crippen MR) is 111 cm³/mol. The van der Waals surface area contributed by atoms with Crippen molar-refractivity contribution in [2.75, 3.05) is 13.2 Å². The average Bonchev–Trinajstić information content (AvgIpc) is 3.45. The highest BCUT2D eigenvalue weighted by Crippen LogP contribution is 2.45. The Bertz CT molecular complexity index is 937. The van der Waals surface area contributed by atoms with Crippen LogP contribution in [0.25, 0.3) is 11.1 Å². The largest absolute Gasteiger partial charge is 0.491 e. The van der Waals surface area contributed by atoms with Crippen molar-refractivity contribution < 1.29 is 14.3 Å². The fourth-order valence-corrected chi connectivity index (χ4v) is 3.00. The van der Waals surface area contributed by atoms with Gasteiger partial charge in [-0.25, -0.2) is 4.79 Å². The molecular formula is C23H27N3O3. The van der Waals surface area contributed by atoms with Crippen molar-refractivity contribution in [1.82, 2.24) is 10.3 Å². The van der Waals surface area contributed by atoms with E-state index >= 15 is 0 Å². The molecule has 0 unspecified atom stereocenters. The number of pyridine rings is 1. The highest BCUT2D eigenvalue weighted by atomic mass is 16.6. The molecule has 0 radical (unpaired) electrons. The molecule has 1 N–H and O–H groups in total. The van der Waals surface area contributed by atoms with Crippen molar-refractivity contribution in [1.29, 1.82) is 5.26 Å². The van der Waals surface area contributed by atoms with Crippen LogP contribution in [-0.2, 0) is 4.74 Å². The van der Waals surface area contributed by atoms with Crippen molar-refractivity contribution in [2.45, 2.75) is 46.1 Å². The van der Waals surface area contributed by atoms with Gasteiger partial charge in [-0.1, -0.05) is 12.1 Å². The van der Waals surface area contributed by atoms with E-state index in [4.69, 9.17) is 14.7 Å². The van der Waals surface area contributed by atoms with Gasteiger partial charge in [-0.05, 0) is 64.3 Å². The van der Waals surface area contributed by atoms with Gasteiger partial charge in [0, 0.05) is 23.2 Å². The average molecular weight is 393 g/mol. The third-order valence-electron chi connectivity index (χ3n) is 4.87. The van der Waals surface area contributed by atoms with Gasteiger partial charge in [-0.2, -0.15) is 5.26 Å². The molecule has 1 aliphatic carbocycles. The Morgan fingerprint density at radius 1 is 1.31 bits per heavy atom. The summed E-state index contributed by atoms with van der Waals surface area (Å²) in [5.41, 5.74) is 2.80. The Balaban J connectivity index is 1.62. The fraction of sp³-hybridized carbons (Fsp3) is 0.435. The number of nitrogens with zero attached hydrogens (tertiary/aromatic N) is 2. The number of carbonyl (C=O) groups is 1. The molecule has 3 rings (SSSR count). The van der Waals surface area contributed by atoms with Crippen LogP contribution in [0.5, 0.6) is 5.75 Å². The number of carbonyl (C=O) groups excluding carboxylic acids is 1. The number of hydrogen-bond donors (Lipinski definition) is 1. The van der Waals surface area contributed by atoms with Gasteiger partial charge in [0.05, 0.1) is 24.4 Å². The molecule has 29 heavy (non-hydrogen) atoms. The smallest absolute Gasteiger partial charge is 0.407 e. The van der Waals surface area contributed by atoms with Gasteiger partial charge in [0.25, 0.3) is 0 Å². The lowest BCUT2D eigenvalue weighted by molar-refractivity contribution is 0.0509. The summed E-state index contributed by atoms with van der Waals surface area (Å²) in [6.45, 7) is 8.50. The first-order valence-electron chi connectivity index (χ1n) is 9.77. The van der Waals surface area contributed by atoms with Crippen molar-refractivity contribution in [3.63, 3.8) is 0 Å². The number of hydrogen-bond acceptors (Lipinski definition) is 5. The Kier molecular flexibility index (Phi) is 5.78. The van der Waals surface area contributed by atoms with Crippen LogP contribution in [0.1, 0.15) is 44.9 Å². The summed E-state index contributed by atoms with van der Waals surface area (Å²) in [7, 11) is 0. The molecule has 1 amide bonds. The topological polar surface area (TPSA) is 84.2 Å². The van der Waals surface area contributed by atoms with E-state index in [9.17, 15) is 4.79 Å². The minimum atomic E-state index is -0.510. The highest BCUT2D eigenvalue weighted by molar-refractivity contribution is 5.69. The second-order valence-corrected chi connectivity index (χ2v) is 8.64. The van der Waals surface area contributed by atoms with E-state index in [0.717, 1.165) is 29.7 Å². The Labute approximate surface area is 171 Å². The molecule has 1 heterocycles. The van der Waals surface area contributed by atoms with Crippen LogP contribution < -0.4 is 10.1 Å². The molecule has 6 heteroatoms. The van der Waals surface area contributed by atoms with Crippen LogP contribution in [0.4, 0.5) is 4.79 Å². The number of aromatic nitrogens is 1. The number of aryl methyl sites for hydroxylation is 1. The number of ether oxygens (including phenoxy) is 2. The summed E-state index contributed by atoms with van der Waals surface area (Å²) >= 11 is 0. The molecule has 0 aliphatic heterocycles. The second kappa shape index (κ2) is 8.12. The van der Waals surface area contributed by atoms with Crippen LogP contribution in [0.3, 0.4) is 0 Å². The normalized spacial score (nSPS) is 14.6. The van der Waals surface area contributed by atoms with Gasteiger partial charge in [0.15, 0.2) is 0 Å². The number of rotatable bonds is 6.